The van der Waals surface area contributed by atoms with Crippen molar-refractivity contribution in [3.8, 4) is 0 Å². The number of nitro groups is 1. The molecule has 20 heavy (non-hydrogen) atoms. The van der Waals surface area contributed by atoms with E-state index in [1.807, 2.05) is 4.90 Å². The number of aliphatic hydroxyl groups is 1. The first-order valence-electron chi connectivity index (χ1n) is 6.71. The van der Waals surface area contributed by atoms with Crippen LogP contribution in [0.3, 0.4) is 0 Å². The van der Waals surface area contributed by atoms with Crippen molar-refractivity contribution in [2.45, 2.75) is 38.6 Å². The predicted octanol–water partition coefficient (Wildman–Crippen LogP) is 2.60. The zero-order valence-electron chi connectivity index (χ0n) is 11.4. The lowest BCUT2D eigenvalue weighted by Crippen LogP contribution is -2.35. The van der Waals surface area contributed by atoms with Crippen LogP contribution in [0.5, 0.6) is 0 Å². The molecule has 1 aromatic rings. The molecule has 0 unspecified atom stereocenters. The monoisotopic (exact) mass is 298 g/mol. The molecule has 7 heteroatoms. The maximum atomic E-state index is 11.5. The summed E-state index contributed by atoms with van der Waals surface area (Å²) in [6.07, 6.45) is 4.16. The van der Waals surface area contributed by atoms with E-state index in [-0.39, 0.29) is 24.1 Å². The Balaban J connectivity index is 2.39. The molecule has 1 aromatic heterocycles. The Kier molecular flexibility index (Phi) is 4.72. The fourth-order valence-corrected chi connectivity index (χ4v) is 3.77. The zero-order chi connectivity index (χ0) is 14.7. The summed E-state index contributed by atoms with van der Waals surface area (Å²) in [4.78, 5) is 24.5. The van der Waals surface area contributed by atoms with Gasteiger partial charge in [0.05, 0.1) is 16.4 Å². The first kappa shape index (κ1) is 14.9. The summed E-state index contributed by atoms with van der Waals surface area (Å²) in [6, 6.07) is 1.57. The number of carbonyl (C=O) groups excluding carboxylic acids is 1. The summed E-state index contributed by atoms with van der Waals surface area (Å²) in [5.74, 6) is -0.167. The largest absolute Gasteiger partial charge is 0.395 e. The van der Waals surface area contributed by atoms with Crippen LogP contribution in [0.15, 0.2) is 6.07 Å². The van der Waals surface area contributed by atoms with Crippen LogP contribution in [0.4, 0.5) is 10.7 Å². The van der Waals surface area contributed by atoms with Gasteiger partial charge in [-0.1, -0.05) is 12.8 Å². The van der Waals surface area contributed by atoms with Gasteiger partial charge in [0.1, 0.15) is 0 Å². The van der Waals surface area contributed by atoms with E-state index in [1.54, 1.807) is 0 Å². The average Bonchev–Trinajstić information content (AvgIpc) is 3.05. The quantitative estimate of drug-likeness (QED) is 0.496. The van der Waals surface area contributed by atoms with Gasteiger partial charge in [-0.15, -0.1) is 11.3 Å². The summed E-state index contributed by atoms with van der Waals surface area (Å²) in [6.45, 7) is 1.72. The third kappa shape index (κ3) is 2.99. The lowest BCUT2D eigenvalue weighted by atomic mass is 10.2. The van der Waals surface area contributed by atoms with Crippen molar-refractivity contribution in [3.05, 3.63) is 21.1 Å². The topological polar surface area (TPSA) is 83.7 Å². The fraction of sp³-hybridized carbons (Fsp3) is 0.615. The van der Waals surface area contributed by atoms with Crippen LogP contribution >= 0.6 is 11.3 Å². The van der Waals surface area contributed by atoms with Gasteiger partial charge in [-0.25, -0.2) is 0 Å². The van der Waals surface area contributed by atoms with E-state index in [9.17, 15) is 20.0 Å². The highest BCUT2D eigenvalue weighted by Crippen LogP contribution is 2.41. The van der Waals surface area contributed by atoms with E-state index in [4.69, 9.17) is 0 Å². The number of carbonyl (C=O) groups is 1. The second-order valence-corrected chi connectivity index (χ2v) is 6.00. The van der Waals surface area contributed by atoms with Crippen molar-refractivity contribution in [1.29, 1.82) is 0 Å². The number of hydrogen-bond donors (Lipinski definition) is 1. The Bertz CT molecular complexity index is 508. The Morgan fingerprint density at radius 1 is 1.55 bits per heavy atom. The Morgan fingerprint density at radius 2 is 2.20 bits per heavy atom. The van der Waals surface area contributed by atoms with E-state index < -0.39 is 4.92 Å². The minimum absolute atomic E-state index is 0.0273. The smallest absolute Gasteiger partial charge is 0.304 e. The summed E-state index contributed by atoms with van der Waals surface area (Å²) in [5.41, 5.74) is -0.0273. The molecule has 2 rings (SSSR count). The molecule has 0 amide bonds. The van der Waals surface area contributed by atoms with Gasteiger partial charge in [0.2, 0.25) is 0 Å². The first-order valence-corrected chi connectivity index (χ1v) is 7.53. The van der Waals surface area contributed by atoms with Crippen molar-refractivity contribution in [1.82, 2.24) is 0 Å². The average molecular weight is 298 g/mol. The standard InChI is InChI=1S/C13H18N2O4S/c1-9(17)12-8-11(15(18)19)13(20-12)14(6-7-16)10-4-2-3-5-10/h8,10,16H,2-7H2,1H3. The number of anilines is 1. The van der Waals surface area contributed by atoms with E-state index >= 15 is 0 Å². The number of rotatable bonds is 6. The SMILES string of the molecule is CC(=O)c1cc([N+](=O)[O-])c(N(CCO)C2CCCC2)s1. The molecule has 1 N–H and O–H groups in total. The number of ketones is 1. The van der Waals surface area contributed by atoms with Crippen LogP contribution in [-0.2, 0) is 0 Å². The van der Waals surface area contributed by atoms with Crippen molar-refractivity contribution < 1.29 is 14.8 Å². The maximum absolute atomic E-state index is 11.5. The van der Waals surface area contributed by atoms with Crippen LogP contribution in [0.1, 0.15) is 42.3 Å². The number of nitrogens with zero attached hydrogens (tertiary/aromatic N) is 2. The normalized spacial score (nSPS) is 15.5. The number of Topliss-reactive ketones (excluding diaryl/α,β-unsaturated/α-hetero) is 1. The summed E-state index contributed by atoms with van der Waals surface area (Å²) >= 11 is 1.15. The molecule has 0 atom stereocenters. The number of hydrogen-bond acceptors (Lipinski definition) is 6. The molecule has 0 saturated heterocycles. The second kappa shape index (κ2) is 6.32. The maximum Gasteiger partial charge on any atom is 0.304 e. The molecule has 1 heterocycles. The summed E-state index contributed by atoms with van der Waals surface area (Å²) in [7, 11) is 0. The molecule has 0 spiro atoms. The van der Waals surface area contributed by atoms with Crippen molar-refractivity contribution in [2.75, 3.05) is 18.1 Å². The Hall–Kier alpha value is -1.47. The van der Waals surface area contributed by atoms with E-state index in [0.29, 0.717) is 16.4 Å². The highest BCUT2D eigenvalue weighted by atomic mass is 32.1. The minimum atomic E-state index is -0.447. The fourth-order valence-electron chi connectivity index (χ4n) is 2.66. The van der Waals surface area contributed by atoms with Crippen LogP contribution in [0.2, 0.25) is 0 Å². The van der Waals surface area contributed by atoms with E-state index in [0.717, 1.165) is 37.0 Å². The Morgan fingerprint density at radius 3 is 2.70 bits per heavy atom. The van der Waals surface area contributed by atoms with Crippen molar-refractivity contribution >= 4 is 27.8 Å². The molecule has 0 radical (unpaired) electrons. The van der Waals surface area contributed by atoms with Crippen LogP contribution < -0.4 is 4.90 Å². The summed E-state index contributed by atoms with van der Waals surface area (Å²) < 4.78 is 0. The van der Waals surface area contributed by atoms with E-state index in [2.05, 4.69) is 0 Å². The minimum Gasteiger partial charge on any atom is -0.395 e. The molecule has 1 aliphatic rings. The van der Waals surface area contributed by atoms with Gasteiger partial charge in [-0.3, -0.25) is 14.9 Å². The molecule has 1 aliphatic carbocycles. The third-order valence-corrected chi connectivity index (χ3v) is 4.87. The van der Waals surface area contributed by atoms with E-state index in [1.165, 1.54) is 13.0 Å². The van der Waals surface area contributed by atoms with Gasteiger partial charge >= 0.3 is 5.69 Å². The highest BCUT2D eigenvalue weighted by molar-refractivity contribution is 7.18. The molecule has 1 fully saturated rings. The second-order valence-electron chi connectivity index (χ2n) is 4.97. The van der Waals surface area contributed by atoms with Crippen LogP contribution in [-0.4, -0.2) is 35.0 Å². The third-order valence-electron chi connectivity index (χ3n) is 3.60. The molecule has 110 valence electrons. The molecule has 0 bridgehead atoms. The molecule has 0 aromatic carbocycles. The van der Waals surface area contributed by atoms with Crippen LogP contribution in [0, 0.1) is 10.1 Å². The van der Waals surface area contributed by atoms with Crippen LogP contribution in [0.25, 0.3) is 0 Å². The van der Waals surface area contributed by atoms with Gasteiger partial charge in [-0.05, 0) is 19.8 Å². The van der Waals surface area contributed by atoms with Gasteiger partial charge < -0.3 is 10.0 Å². The molecule has 6 nitrogen and oxygen atoms in total. The van der Waals surface area contributed by atoms with Gasteiger partial charge in [0, 0.05) is 18.7 Å². The van der Waals surface area contributed by atoms with Gasteiger partial charge in [0.25, 0.3) is 0 Å². The zero-order valence-corrected chi connectivity index (χ0v) is 12.2. The molecular weight excluding hydrogens is 280 g/mol. The molecular formula is C13H18N2O4S. The van der Waals surface area contributed by atoms with Crippen molar-refractivity contribution in [3.63, 3.8) is 0 Å². The molecule has 1 saturated carbocycles. The first-order chi connectivity index (χ1) is 9.54. The summed E-state index contributed by atoms with van der Waals surface area (Å²) in [5, 5.41) is 20.9. The molecule has 0 aliphatic heterocycles. The van der Waals surface area contributed by atoms with Gasteiger partial charge in [-0.2, -0.15) is 0 Å². The number of thiophene rings is 1. The number of aliphatic hydroxyl groups excluding tert-OH is 1. The van der Waals surface area contributed by atoms with Crippen molar-refractivity contribution in [2.24, 2.45) is 0 Å². The lowest BCUT2D eigenvalue weighted by molar-refractivity contribution is -0.383. The highest BCUT2D eigenvalue weighted by Gasteiger charge is 2.30. The predicted molar refractivity (Wildman–Crippen MR) is 77.7 cm³/mol. The van der Waals surface area contributed by atoms with Gasteiger partial charge in [0.15, 0.2) is 10.8 Å². The Labute approximate surface area is 121 Å². The lowest BCUT2D eigenvalue weighted by Gasteiger charge is -2.28.